The Morgan fingerprint density at radius 2 is 1.78 bits per heavy atom. The van der Waals surface area contributed by atoms with Crippen molar-refractivity contribution in [3.63, 3.8) is 0 Å². The molecule has 1 aliphatic rings. The lowest BCUT2D eigenvalue weighted by Gasteiger charge is -2.18. The van der Waals surface area contributed by atoms with Gasteiger partial charge in [0, 0.05) is 42.5 Å². The van der Waals surface area contributed by atoms with E-state index in [0.717, 1.165) is 31.7 Å². The highest BCUT2D eigenvalue weighted by Crippen LogP contribution is 2.33. The van der Waals surface area contributed by atoms with Crippen molar-refractivity contribution in [3.8, 4) is 0 Å². The number of likely N-dealkylation sites (tertiary alicyclic amines) is 1. The van der Waals surface area contributed by atoms with Gasteiger partial charge in [-0.2, -0.15) is 0 Å². The third-order valence-corrected chi connectivity index (χ3v) is 5.54. The van der Waals surface area contributed by atoms with E-state index >= 15 is 0 Å². The minimum atomic E-state index is 0.0501. The molecule has 0 bridgehead atoms. The van der Waals surface area contributed by atoms with Crippen LogP contribution < -0.4 is 5.32 Å². The molecule has 27 heavy (non-hydrogen) atoms. The highest BCUT2D eigenvalue weighted by Gasteiger charge is 2.21. The van der Waals surface area contributed by atoms with Crippen LogP contribution in [0.25, 0.3) is 10.9 Å². The molecule has 0 aliphatic carbocycles. The molecule has 2 N–H and O–H groups in total. The molecule has 1 fully saturated rings. The number of aromatic amines is 1. The SMILES string of the molecule is O=C(CC(c1ccccc1)c1c[nH]c2ccccc12)NCCN1CCCC1. The summed E-state index contributed by atoms with van der Waals surface area (Å²) in [7, 11) is 0. The maximum atomic E-state index is 12.7. The van der Waals surface area contributed by atoms with Crippen molar-refractivity contribution in [2.45, 2.75) is 25.2 Å². The van der Waals surface area contributed by atoms with Gasteiger partial charge >= 0.3 is 0 Å². The topological polar surface area (TPSA) is 48.1 Å². The monoisotopic (exact) mass is 361 g/mol. The third kappa shape index (κ3) is 4.22. The molecule has 4 rings (SSSR count). The minimum absolute atomic E-state index is 0.0501. The van der Waals surface area contributed by atoms with Crippen LogP contribution in [-0.4, -0.2) is 42.0 Å². The Morgan fingerprint density at radius 3 is 2.59 bits per heavy atom. The van der Waals surface area contributed by atoms with Gasteiger partial charge in [-0.3, -0.25) is 4.79 Å². The molecule has 1 saturated heterocycles. The summed E-state index contributed by atoms with van der Waals surface area (Å²) in [6, 6.07) is 18.6. The molecule has 0 saturated carbocycles. The average molecular weight is 361 g/mol. The fourth-order valence-electron chi connectivity index (χ4n) is 4.09. The Bertz CT molecular complexity index is 881. The second-order valence-electron chi connectivity index (χ2n) is 7.36. The molecule has 1 atom stereocenters. The van der Waals surface area contributed by atoms with Gasteiger partial charge in [-0.05, 0) is 43.1 Å². The van der Waals surface area contributed by atoms with Crippen LogP contribution in [0.5, 0.6) is 0 Å². The van der Waals surface area contributed by atoms with E-state index in [1.54, 1.807) is 0 Å². The lowest BCUT2D eigenvalue weighted by Crippen LogP contribution is -2.34. The Morgan fingerprint density at radius 1 is 1.04 bits per heavy atom. The summed E-state index contributed by atoms with van der Waals surface area (Å²) in [5, 5.41) is 4.32. The predicted molar refractivity (Wildman–Crippen MR) is 110 cm³/mol. The Kier molecular flexibility index (Phi) is 5.54. The van der Waals surface area contributed by atoms with Gasteiger partial charge in [-0.1, -0.05) is 48.5 Å². The lowest BCUT2D eigenvalue weighted by atomic mass is 9.88. The van der Waals surface area contributed by atoms with Gasteiger partial charge in [0.05, 0.1) is 0 Å². The maximum Gasteiger partial charge on any atom is 0.220 e. The van der Waals surface area contributed by atoms with Gasteiger partial charge in [0.1, 0.15) is 0 Å². The highest BCUT2D eigenvalue weighted by atomic mass is 16.1. The van der Waals surface area contributed by atoms with Crippen LogP contribution >= 0.6 is 0 Å². The van der Waals surface area contributed by atoms with Crippen molar-refractivity contribution in [2.24, 2.45) is 0 Å². The van der Waals surface area contributed by atoms with Crippen LogP contribution in [0.15, 0.2) is 60.8 Å². The zero-order chi connectivity index (χ0) is 18.5. The highest BCUT2D eigenvalue weighted by molar-refractivity contribution is 5.86. The van der Waals surface area contributed by atoms with E-state index < -0.39 is 0 Å². The van der Waals surface area contributed by atoms with Crippen molar-refractivity contribution >= 4 is 16.8 Å². The maximum absolute atomic E-state index is 12.7. The number of hydrogen-bond donors (Lipinski definition) is 2. The number of fused-ring (bicyclic) bond motifs is 1. The van der Waals surface area contributed by atoms with E-state index in [2.05, 4.69) is 51.7 Å². The standard InChI is InChI=1S/C23H27N3O/c27-23(24-12-15-26-13-6-7-14-26)16-20(18-8-2-1-3-9-18)21-17-25-22-11-5-4-10-19(21)22/h1-5,8-11,17,20,25H,6-7,12-16H2,(H,24,27). The number of aromatic nitrogens is 1. The van der Waals surface area contributed by atoms with Crippen LogP contribution in [0, 0.1) is 0 Å². The number of benzene rings is 2. The van der Waals surface area contributed by atoms with Gasteiger partial charge in [0.15, 0.2) is 0 Å². The molecule has 2 heterocycles. The molecule has 0 radical (unpaired) electrons. The van der Waals surface area contributed by atoms with Crippen molar-refractivity contribution in [2.75, 3.05) is 26.2 Å². The molecular formula is C23H27N3O. The van der Waals surface area contributed by atoms with Crippen LogP contribution in [-0.2, 0) is 4.79 Å². The first kappa shape index (κ1) is 17.8. The van der Waals surface area contributed by atoms with E-state index in [1.807, 2.05) is 24.3 Å². The first-order valence-corrected chi connectivity index (χ1v) is 9.91. The molecule has 1 aliphatic heterocycles. The molecule has 1 amide bonds. The zero-order valence-electron chi connectivity index (χ0n) is 15.7. The summed E-state index contributed by atoms with van der Waals surface area (Å²) < 4.78 is 0. The number of nitrogens with zero attached hydrogens (tertiary/aromatic N) is 1. The molecule has 140 valence electrons. The largest absolute Gasteiger partial charge is 0.361 e. The first-order valence-electron chi connectivity index (χ1n) is 9.91. The zero-order valence-corrected chi connectivity index (χ0v) is 15.7. The molecule has 2 aromatic carbocycles. The molecular weight excluding hydrogens is 334 g/mol. The Balaban J connectivity index is 1.49. The van der Waals surface area contributed by atoms with E-state index in [9.17, 15) is 4.79 Å². The Hall–Kier alpha value is -2.59. The number of carbonyl (C=O) groups excluding carboxylic acids is 1. The van der Waals surface area contributed by atoms with Crippen LogP contribution in [0.2, 0.25) is 0 Å². The summed E-state index contributed by atoms with van der Waals surface area (Å²) in [5.41, 5.74) is 3.48. The fraction of sp³-hybridized carbons (Fsp3) is 0.348. The predicted octanol–water partition coefficient (Wildman–Crippen LogP) is 3.90. The van der Waals surface area contributed by atoms with Crippen LogP contribution in [0.4, 0.5) is 0 Å². The second-order valence-corrected chi connectivity index (χ2v) is 7.36. The van der Waals surface area contributed by atoms with Crippen LogP contribution in [0.3, 0.4) is 0 Å². The van der Waals surface area contributed by atoms with E-state index in [0.29, 0.717) is 6.42 Å². The summed E-state index contributed by atoms with van der Waals surface area (Å²) in [6.07, 6.45) is 5.08. The van der Waals surface area contributed by atoms with Gasteiger partial charge < -0.3 is 15.2 Å². The van der Waals surface area contributed by atoms with E-state index in [-0.39, 0.29) is 11.8 Å². The summed E-state index contributed by atoms with van der Waals surface area (Å²) in [4.78, 5) is 18.5. The number of nitrogens with one attached hydrogen (secondary N) is 2. The van der Waals surface area contributed by atoms with Crippen LogP contribution in [0.1, 0.15) is 36.3 Å². The quantitative estimate of drug-likeness (QED) is 0.670. The van der Waals surface area contributed by atoms with Crippen molar-refractivity contribution in [1.82, 2.24) is 15.2 Å². The smallest absolute Gasteiger partial charge is 0.220 e. The number of hydrogen-bond acceptors (Lipinski definition) is 2. The number of H-pyrrole nitrogens is 1. The van der Waals surface area contributed by atoms with Crippen molar-refractivity contribution in [3.05, 3.63) is 71.9 Å². The normalized spacial score (nSPS) is 15.9. The second kappa shape index (κ2) is 8.40. The molecule has 1 aromatic heterocycles. The molecule has 4 nitrogen and oxygen atoms in total. The fourth-order valence-corrected chi connectivity index (χ4v) is 4.09. The molecule has 4 heteroatoms. The Labute approximate surface area is 160 Å². The van der Waals surface area contributed by atoms with Gasteiger partial charge in [0.25, 0.3) is 0 Å². The first-order chi connectivity index (χ1) is 13.3. The van der Waals surface area contributed by atoms with Gasteiger partial charge in [0.2, 0.25) is 5.91 Å². The number of rotatable bonds is 7. The molecule has 1 unspecified atom stereocenters. The average Bonchev–Trinajstić information content (AvgIpc) is 3.37. The third-order valence-electron chi connectivity index (χ3n) is 5.54. The number of carbonyl (C=O) groups is 1. The minimum Gasteiger partial charge on any atom is -0.361 e. The lowest BCUT2D eigenvalue weighted by molar-refractivity contribution is -0.121. The van der Waals surface area contributed by atoms with Crippen molar-refractivity contribution in [1.29, 1.82) is 0 Å². The van der Waals surface area contributed by atoms with Crippen molar-refractivity contribution < 1.29 is 4.79 Å². The summed E-state index contributed by atoms with van der Waals surface area (Å²) in [6.45, 7) is 4.01. The summed E-state index contributed by atoms with van der Waals surface area (Å²) in [5.74, 6) is 0.169. The number of amides is 1. The van der Waals surface area contributed by atoms with E-state index in [1.165, 1.54) is 29.4 Å². The summed E-state index contributed by atoms with van der Waals surface area (Å²) >= 11 is 0. The number of para-hydroxylation sites is 1. The van der Waals surface area contributed by atoms with Gasteiger partial charge in [-0.15, -0.1) is 0 Å². The molecule has 3 aromatic rings. The van der Waals surface area contributed by atoms with E-state index in [4.69, 9.17) is 0 Å². The molecule has 0 spiro atoms. The van der Waals surface area contributed by atoms with Gasteiger partial charge in [-0.25, -0.2) is 0 Å².